The van der Waals surface area contributed by atoms with Crippen molar-refractivity contribution < 1.29 is 0 Å². The summed E-state index contributed by atoms with van der Waals surface area (Å²) in [6.07, 6.45) is 7.30. The molecule has 12 aromatic rings. The minimum absolute atomic E-state index is 0.106. The first-order chi connectivity index (χ1) is 36.1. The van der Waals surface area contributed by atoms with Gasteiger partial charge < -0.3 is 19.4 Å². The number of rotatable bonds is 7. The van der Waals surface area contributed by atoms with Gasteiger partial charge in [0.05, 0.1) is 27.6 Å². The first kappa shape index (κ1) is 49.5. The predicted molar refractivity (Wildman–Crippen MR) is 320 cm³/mol. The minimum atomic E-state index is 0.106. The molecule has 0 unspecified atom stereocenters. The fraction of sp³-hybridized carbons (Fsp3) is 0.0588. The maximum Gasteiger partial charge on any atom is 0.149 e. The predicted octanol–water partition coefficient (Wildman–Crippen LogP) is 17.9. The van der Waals surface area contributed by atoms with E-state index in [4.69, 9.17) is 11.1 Å². The lowest BCUT2D eigenvalue weighted by atomic mass is 10.0. The number of hydrogen-bond donors (Lipinski definition) is 2. The van der Waals surface area contributed by atoms with Crippen LogP contribution in [0.15, 0.2) is 273 Å². The lowest BCUT2D eigenvalue weighted by Gasteiger charge is -2.13. The van der Waals surface area contributed by atoms with Crippen molar-refractivity contribution in [1.29, 1.82) is 5.41 Å². The summed E-state index contributed by atoms with van der Waals surface area (Å²) >= 11 is 0. The second-order valence-corrected chi connectivity index (χ2v) is 18.2. The maximum absolute atomic E-state index is 7.38. The van der Waals surface area contributed by atoms with Gasteiger partial charge in [-0.3, -0.25) is 5.41 Å². The Bertz CT molecular complexity index is 4070. The molecule has 9 aromatic carbocycles. The summed E-state index contributed by atoms with van der Waals surface area (Å²) in [5.41, 5.74) is 20.3. The topological polar surface area (TPSA) is 77.0 Å². The summed E-state index contributed by atoms with van der Waals surface area (Å²) in [6.45, 7) is 18.0. The van der Waals surface area contributed by atoms with Gasteiger partial charge in [-0.05, 0) is 134 Å². The number of allylic oxidation sites excluding steroid dienone is 3. The van der Waals surface area contributed by atoms with E-state index in [0.29, 0.717) is 11.4 Å². The number of nitrogens with zero attached hydrogens (tertiary/aromatic N) is 4. The molecule has 0 saturated heterocycles. The Morgan fingerprint density at radius 1 is 0.514 bits per heavy atom. The van der Waals surface area contributed by atoms with Crippen LogP contribution in [0.2, 0.25) is 0 Å². The van der Waals surface area contributed by atoms with Crippen molar-refractivity contribution >= 4 is 77.0 Å². The minimum Gasteiger partial charge on any atom is -0.383 e. The molecule has 3 N–H and O–H groups in total. The van der Waals surface area contributed by atoms with Gasteiger partial charge in [0.1, 0.15) is 11.7 Å². The largest absolute Gasteiger partial charge is 0.383 e. The van der Waals surface area contributed by atoms with Gasteiger partial charge >= 0.3 is 0 Å². The van der Waals surface area contributed by atoms with Crippen LogP contribution in [0.25, 0.3) is 93.5 Å². The van der Waals surface area contributed by atoms with E-state index in [2.05, 4.69) is 246 Å². The zero-order chi connectivity index (χ0) is 51.7. The molecule has 0 atom stereocenters. The van der Waals surface area contributed by atoms with Crippen molar-refractivity contribution in [2.45, 2.75) is 27.7 Å². The molecular weight excluding hydrogens is 901 g/mol. The lowest BCUT2D eigenvalue weighted by molar-refractivity contribution is 1.13. The van der Waals surface area contributed by atoms with E-state index in [0.717, 1.165) is 11.3 Å². The zero-order valence-corrected chi connectivity index (χ0v) is 42.5. The van der Waals surface area contributed by atoms with Crippen LogP contribution in [-0.4, -0.2) is 25.4 Å². The Labute approximate surface area is 433 Å². The second-order valence-electron chi connectivity index (χ2n) is 18.2. The number of aromatic nitrogens is 3. The second kappa shape index (κ2) is 22.3. The van der Waals surface area contributed by atoms with Crippen molar-refractivity contribution in [3.8, 4) is 28.2 Å². The number of amidine groups is 2. The average molecular weight is 961 g/mol. The number of hydrogen-bond acceptors (Lipinski definition) is 1. The maximum atomic E-state index is 7.38. The van der Waals surface area contributed by atoms with Gasteiger partial charge in [0, 0.05) is 55.6 Å². The number of nitrogens with one attached hydrogen (secondary N) is 1. The molecule has 12 rings (SSSR count). The summed E-state index contributed by atoms with van der Waals surface area (Å²) in [6, 6.07) is 76.6. The summed E-state index contributed by atoms with van der Waals surface area (Å²) in [5, 5.41) is 16.1. The summed E-state index contributed by atoms with van der Waals surface area (Å²) < 4.78 is 7.13. The molecule has 0 saturated carbocycles. The van der Waals surface area contributed by atoms with Gasteiger partial charge in [0.2, 0.25) is 0 Å². The number of aryl methyl sites for hydroxylation is 1. The molecule has 0 spiro atoms. The Morgan fingerprint density at radius 3 is 1.72 bits per heavy atom. The van der Waals surface area contributed by atoms with Crippen LogP contribution in [-0.2, 0) is 0 Å². The lowest BCUT2D eigenvalue weighted by Crippen LogP contribution is -2.15. The van der Waals surface area contributed by atoms with Crippen molar-refractivity contribution in [1.82, 2.24) is 13.7 Å². The third-order valence-electron chi connectivity index (χ3n) is 13.0. The van der Waals surface area contributed by atoms with Crippen LogP contribution < -0.4 is 5.73 Å². The van der Waals surface area contributed by atoms with Gasteiger partial charge in [0.25, 0.3) is 0 Å². The third-order valence-corrected chi connectivity index (χ3v) is 13.0. The molecule has 6 heteroatoms. The normalized spacial score (nSPS) is 11.4. The molecule has 0 radical (unpaired) electrons. The standard InChI is InChI=1S/C48H31N3.C10H15N3.C7H8.C3H6/c1-3-13-36(14-4-1)49-27-26-35-30-42-34(31-47(35)49)22-24-41-39-18-7-10-21-45(39)51(48(41)42)38-17-11-12-32(28-38)33-23-25-46-43(29-33)40-19-8-9-20-44(40)50(46)37-15-5-2-6-16-37;1-5-6-8(4)10(12)13-9(11)7(2)3;1-7-5-3-2-4-6-7;1-3-2/h1-31H;5-6H,1-2H2,3-4H3,(H3,11,12,13);2-6H,1H3;3H,1H2,2H3/b;8-6+;;. The Kier molecular flexibility index (Phi) is 14.9. The van der Waals surface area contributed by atoms with Crippen LogP contribution >= 0.6 is 0 Å². The molecule has 0 aliphatic heterocycles. The monoisotopic (exact) mass is 960 g/mol. The van der Waals surface area contributed by atoms with Gasteiger partial charge in [-0.25, -0.2) is 4.99 Å². The number of nitrogens with two attached hydrogens (primary N) is 1. The molecular formula is C68H60N6. The SMILES string of the molecule is C=C/C=C(\C)C(N)=NC(=N)C(=C)C.C=CC.Cc1ccccc1.c1ccc(-n2ccc3cc4c(ccc5c6ccccc6n(-c6cccc(-c7ccc8c(c7)c7ccccc7n8-c7ccccc7)c6)c45)cc32)cc1. The van der Waals surface area contributed by atoms with E-state index < -0.39 is 0 Å². The highest BCUT2D eigenvalue weighted by Gasteiger charge is 2.18. The van der Waals surface area contributed by atoms with Crippen LogP contribution in [0, 0.1) is 12.3 Å². The van der Waals surface area contributed by atoms with Crippen molar-refractivity contribution in [2.75, 3.05) is 0 Å². The van der Waals surface area contributed by atoms with Crippen molar-refractivity contribution in [2.24, 2.45) is 10.7 Å². The van der Waals surface area contributed by atoms with Gasteiger partial charge in [-0.1, -0.05) is 170 Å². The fourth-order valence-electron chi connectivity index (χ4n) is 9.43. The first-order valence-electron chi connectivity index (χ1n) is 24.8. The quantitative estimate of drug-likeness (QED) is 0.0710. The highest BCUT2D eigenvalue weighted by atomic mass is 15.0. The highest BCUT2D eigenvalue weighted by molar-refractivity contribution is 6.20. The Morgan fingerprint density at radius 2 is 1.08 bits per heavy atom. The number of fused-ring (bicyclic) bond motifs is 9. The van der Waals surface area contributed by atoms with Crippen LogP contribution in [0.4, 0.5) is 0 Å². The number of benzene rings is 9. The summed E-state index contributed by atoms with van der Waals surface area (Å²) in [5.74, 6) is 0.433. The molecule has 0 aliphatic rings. The Hall–Kier alpha value is -9.52. The van der Waals surface area contributed by atoms with Crippen LogP contribution in [0.3, 0.4) is 0 Å². The Balaban J connectivity index is 0.000000244. The number of aliphatic imine (C=N–C) groups is 1. The van der Waals surface area contributed by atoms with Gasteiger partial charge in [-0.15, -0.1) is 6.58 Å². The molecule has 0 amide bonds. The molecule has 3 aromatic heterocycles. The van der Waals surface area contributed by atoms with Crippen molar-refractivity contribution in [3.05, 3.63) is 273 Å². The van der Waals surface area contributed by atoms with Crippen LogP contribution in [0.5, 0.6) is 0 Å². The van der Waals surface area contributed by atoms with E-state index >= 15 is 0 Å². The number of para-hydroxylation sites is 4. The smallest absolute Gasteiger partial charge is 0.149 e. The molecule has 74 heavy (non-hydrogen) atoms. The first-order valence-corrected chi connectivity index (χ1v) is 24.8. The molecule has 6 nitrogen and oxygen atoms in total. The average Bonchev–Trinajstić information content (AvgIpc) is 4.12. The van der Waals surface area contributed by atoms with Crippen LogP contribution in [0.1, 0.15) is 26.3 Å². The van der Waals surface area contributed by atoms with Crippen molar-refractivity contribution in [3.63, 3.8) is 0 Å². The highest BCUT2D eigenvalue weighted by Crippen LogP contribution is 2.40. The van der Waals surface area contributed by atoms with E-state index in [1.165, 1.54) is 93.4 Å². The molecule has 362 valence electrons. The zero-order valence-electron chi connectivity index (χ0n) is 42.5. The third kappa shape index (κ3) is 10.2. The molecule has 0 bridgehead atoms. The van der Waals surface area contributed by atoms with E-state index in [9.17, 15) is 0 Å². The molecule has 0 fully saturated rings. The van der Waals surface area contributed by atoms with E-state index in [1.807, 2.05) is 32.0 Å². The van der Waals surface area contributed by atoms with Gasteiger partial charge in [-0.2, -0.15) is 0 Å². The molecule has 0 aliphatic carbocycles. The summed E-state index contributed by atoms with van der Waals surface area (Å²) in [4.78, 5) is 3.86. The molecule has 3 heterocycles. The van der Waals surface area contributed by atoms with E-state index in [-0.39, 0.29) is 5.84 Å². The fourth-order valence-corrected chi connectivity index (χ4v) is 9.43. The van der Waals surface area contributed by atoms with Gasteiger partial charge in [0.15, 0.2) is 0 Å². The van der Waals surface area contributed by atoms with E-state index in [1.54, 1.807) is 25.2 Å². The summed E-state index contributed by atoms with van der Waals surface area (Å²) in [7, 11) is 0.